The van der Waals surface area contributed by atoms with Crippen LogP contribution in [0.3, 0.4) is 0 Å². The highest BCUT2D eigenvalue weighted by atomic mass is 16.1. The fourth-order valence-electron chi connectivity index (χ4n) is 7.61. The van der Waals surface area contributed by atoms with Gasteiger partial charge in [-0.25, -0.2) is 0 Å². The molecule has 3 heteroatoms. The number of aromatic nitrogens is 1. The first kappa shape index (κ1) is 19.1. The minimum Gasteiger partial charge on any atom is -0.353 e. The van der Waals surface area contributed by atoms with E-state index in [0.29, 0.717) is 16.9 Å². The van der Waals surface area contributed by atoms with Crippen LogP contribution in [0.25, 0.3) is 5.57 Å². The van der Waals surface area contributed by atoms with Gasteiger partial charge in [0.05, 0.1) is 0 Å². The molecule has 2 saturated carbocycles. The van der Waals surface area contributed by atoms with Gasteiger partial charge in [0.25, 0.3) is 0 Å². The van der Waals surface area contributed by atoms with Crippen molar-refractivity contribution in [2.45, 2.75) is 71.8 Å². The lowest BCUT2D eigenvalue weighted by Gasteiger charge is -2.58. The molecule has 4 aliphatic rings. The molecule has 2 fully saturated rings. The fourth-order valence-corrected chi connectivity index (χ4v) is 7.61. The molecular formula is C26H34N2O. The molecule has 1 N–H and O–H groups in total. The van der Waals surface area contributed by atoms with Crippen molar-refractivity contribution in [1.82, 2.24) is 10.3 Å². The summed E-state index contributed by atoms with van der Waals surface area (Å²) in [5.41, 5.74) is 5.12. The molecule has 6 unspecified atom stereocenters. The second-order valence-electron chi connectivity index (χ2n) is 10.5. The number of pyridine rings is 1. The summed E-state index contributed by atoms with van der Waals surface area (Å²) in [6.45, 7) is 6.70. The Labute approximate surface area is 175 Å². The molecule has 4 aliphatic carbocycles. The van der Waals surface area contributed by atoms with Gasteiger partial charge in [-0.05, 0) is 90.7 Å². The van der Waals surface area contributed by atoms with Gasteiger partial charge in [-0.1, -0.05) is 37.6 Å². The van der Waals surface area contributed by atoms with E-state index in [2.05, 4.69) is 54.6 Å². The third-order valence-corrected chi connectivity index (χ3v) is 9.06. The first-order valence-corrected chi connectivity index (χ1v) is 11.5. The molecular weight excluding hydrogens is 356 g/mol. The topological polar surface area (TPSA) is 42.0 Å². The smallest absolute Gasteiger partial charge is 0.217 e. The summed E-state index contributed by atoms with van der Waals surface area (Å²) in [7, 11) is 0. The number of fused-ring (bicyclic) bond motifs is 5. The molecule has 1 aromatic heterocycles. The Balaban J connectivity index is 1.41. The Morgan fingerprint density at radius 2 is 1.93 bits per heavy atom. The maximum atomic E-state index is 11.5. The molecule has 5 rings (SSSR count). The molecule has 1 amide bonds. The minimum absolute atomic E-state index is 0.112. The zero-order chi connectivity index (χ0) is 20.2. The van der Waals surface area contributed by atoms with Gasteiger partial charge >= 0.3 is 0 Å². The molecule has 1 heterocycles. The molecule has 154 valence electrons. The molecule has 0 saturated heterocycles. The molecule has 6 atom stereocenters. The quantitative estimate of drug-likeness (QED) is 0.674. The average Bonchev–Trinajstić information content (AvgIpc) is 3.06. The monoisotopic (exact) mass is 390 g/mol. The third kappa shape index (κ3) is 2.92. The second kappa shape index (κ2) is 6.82. The largest absolute Gasteiger partial charge is 0.353 e. The van der Waals surface area contributed by atoms with Crippen LogP contribution in [0.2, 0.25) is 0 Å². The zero-order valence-corrected chi connectivity index (χ0v) is 18.1. The van der Waals surface area contributed by atoms with Crippen molar-refractivity contribution in [2.24, 2.45) is 28.6 Å². The van der Waals surface area contributed by atoms with Gasteiger partial charge in [0, 0.05) is 25.4 Å². The van der Waals surface area contributed by atoms with Gasteiger partial charge in [-0.2, -0.15) is 0 Å². The van der Waals surface area contributed by atoms with Crippen molar-refractivity contribution in [3.05, 3.63) is 47.8 Å². The Kier molecular flexibility index (Phi) is 4.49. The Hall–Kier alpha value is -1.90. The van der Waals surface area contributed by atoms with Crippen LogP contribution in [-0.2, 0) is 4.79 Å². The number of rotatable bonds is 2. The summed E-state index contributed by atoms with van der Waals surface area (Å²) in [6.07, 6.45) is 17.5. The van der Waals surface area contributed by atoms with Crippen LogP contribution in [0, 0.1) is 28.6 Å². The van der Waals surface area contributed by atoms with Crippen LogP contribution >= 0.6 is 0 Å². The molecule has 3 nitrogen and oxygen atoms in total. The van der Waals surface area contributed by atoms with Crippen LogP contribution in [0.4, 0.5) is 0 Å². The molecule has 29 heavy (non-hydrogen) atoms. The van der Waals surface area contributed by atoms with Crippen molar-refractivity contribution in [1.29, 1.82) is 0 Å². The van der Waals surface area contributed by atoms with Gasteiger partial charge in [-0.3, -0.25) is 9.78 Å². The number of allylic oxidation sites excluding steroid dienone is 3. The van der Waals surface area contributed by atoms with Gasteiger partial charge in [-0.15, -0.1) is 0 Å². The number of carbonyl (C=O) groups is 1. The number of nitrogens with zero attached hydrogens (tertiary/aromatic N) is 1. The van der Waals surface area contributed by atoms with E-state index in [0.717, 1.165) is 30.6 Å². The molecule has 1 aromatic rings. The summed E-state index contributed by atoms with van der Waals surface area (Å²) in [4.78, 5) is 15.9. The summed E-state index contributed by atoms with van der Waals surface area (Å²) in [6, 6.07) is 4.65. The second-order valence-corrected chi connectivity index (χ2v) is 10.5. The number of nitrogens with one attached hydrogen (secondary N) is 1. The first-order valence-electron chi connectivity index (χ1n) is 11.5. The fraction of sp³-hybridized carbons (Fsp3) is 0.615. The van der Waals surface area contributed by atoms with Crippen molar-refractivity contribution in [2.75, 3.05) is 0 Å². The first-order chi connectivity index (χ1) is 13.9. The van der Waals surface area contributed by atoms with Crippen LogP contribution < -0.4 is 5.32 Å². The highest BCUT2D eigenvalue weighted by molar-refractivity contribution is 5.73. The number of carbonyl (C=O) groups excluding carboxylic acids is 1. The van der Waals surface area contributed by atoms with Crippen LogP contribution in [0.15, 0.2) is 42.3 Å². The lowest BCUT2D eigenvalue weighted by Crippen LogP contribution is -2.51. The average molecular weight is 391 g/mol. The maximum absolute atomic E-state index is 11.5. The van der Waals surface area contributed by atoms with E-state index in [-0.39, 0.29) is 5.91 Å². The van der Waals surface area contributed by atoms with Gasteiger partial charge in [0.15, 0.2) is 0 Å². The van der Waals surface area contributed by atoms with E-state index in [9.17, 15) is 4.79 Å². The van der Waals surface area contributed by atoms with Crippen molar-refractivity contribution < 1.29 is 4.79 Å². The third-order valence-electron chi connectivity index (χ3n) is 9.06. The van der Waals surface area contributed by atoms with E-state index in [4.69, 9.17) is 0 Å². The van der Waals surface area contributed by atoms with Crippen molar-refractivity contribution >= 4 is 11.5 Å². The highest BCUT2D eigenvalue weighted by Gasteiger charge is 2.56. The predicted molar refractivity (Wildman–Crippen MR) is 117 cm³/mol. The molecule has 0 spiro atoms. The molecule has 0 aromatic carbocycles. The summed E-state index contributed by atoms with van der Waals surface area (Å²) >= 11 is 0. The lowest BCUT2D eigenvalue weighted by atomic mass is 9.47. The lowest BCUT2D eigenvalue weighted by molar-refractivity contribution is -0.120. The number of amides is 1. The molecule has 0 aliphatic heterocycles. The summed E-state index contributed by atoms with van der Waals surface area (Å²) in [5, 5.41) is 3.18. The van der Waals surface area contributed by atoms with Crippen LogP contribution in [0.1, 0.15) is 71.3 Å². The van der Waals surface area contributed by atoms with Crippen molar-refractivity contribution in [3.8, 4) is 0 Å². The molecule has 0 radical (unpaired) electrons. The predicted octanol–water partition coefficient (Wildman–Crippen LogP) is 5.54. The minimum atomic E-state index is 0.112. The van der Waals surface area contributed by atoms with E-state index < -0.39 is 0 Å². The maximum Gasteiger partial charge on any atom is 0.217 e. The Bertz CT molecular complexity index is 872. The summed E-state index contributed by atoms with van der Waals surface area (Å²) in [5.74, 6) is 2.44. The van der Waals surface area contributed by atoms with Crippen molar-refractivity contribution in [3.63, 3.8) is 0 Å². The van der Waals surface area contributed by atoms with Gasteiger partial charge in [0.2, 0.25) is 5.91 Å². The normalized spacial score (nSPS) is 40.8. The van der Waals surface area contributed by atoms with E-state index >= 15 is 0 Å². The molecule has 0 bridgehead atoms. The van der Waals surface area contributed by atoms with E-state index in [1.807, 2.05) is 6.20 Å². The number of hydrogen-bond acceptors (Lipinski definition) is 2. The Morgan fingerprint density at radius 1 is 1.10 bits per heavy atom. The van der Waals surface area contributed by atoms with Gasteiger partial charge < -0.3 is 5.32 Å². The Morgan fingerprint density at radius 3 is 2.69 bits per heavy atom. The van der Waals surface area contributed by atoms with Gasteiger partial charge in [0.1, 0.15) is 0 Å². The standard InChI is InChI=1S/C26H34N2O/c1-17(29)28-20-10-12-25(2)19(15-20)6-7-21-23-9-8-22(18-5-4-14-27-16-18)26(23,3)13-11-24(21)25/h4-6,8,14,16,20-21,23-24H,7,9-13,15H2,1-3H3,(H,28,29). The van der Waals surface area contributed by atoms with Crippen LogP contribution in [0.5, 0.6) is 0 Å². The summed E-state index contributed by atoms with van der Waals surface area (Å²) < 4.78 is 0. The van der Waals surface area contributed by atoms with E-state index in [1.165, 1.54) is 37.7 Å². The zero-order valence-electron chi connectivity index (χ0n) is 18.1. The SMILES string of the molecule is CC(=O)NC1CCC2(C)C(=CCC3C2CCC2(C)C(c4cccnc4)=CCC32)C1. The van der Waals surface area contributed by atoms with Crippen LogP contribution in [-0.4, -0.2) is 16.9 Å². The van der Waals surface area contributed by atoms with E-state index in [1.54, 1.807) is 18.1 Å². The number of hydrogen-bond donors (Lipinski definition) is 1. The highest BCUT2D eigenvalue weighted by Crippen LogP contribution is 2.66.